The van der Waals surface area contributed by atoms with Gasteiger partial charge in [-0.1, -0.05) is 200 Å². The molecule has 0 aliphatic rings. The molecule has 0 fully saturated rings. The van der Waals surface area contributed by atoms with E-state index >= 15 is 0 Å². The number of benzene rings is 1. The molecule has 1 aromatic rings. The molecule has 1 rings (SSSR count). The Morgan fingerprint density at radius 2 is 0.618 bits per heavy atom. The predicted molar refractivity (Wildman–Crippen MR) is 162 cm³/mol. The van der Waals surface area contributed by atoms with Crippen molar-refractivity contribution >= 4 is 28.2 Å². The summed E-state index contributed by atoms with van der Waals surface area (Å²) in [7, 11) is -5.13. The van der Waals surface area contributed by atoms with Crippen molar-refractivity contribution in [3.8, 4) is 0 Å². The smallest absolute Gasteiger partial charge is 0.276 e. The molecule has 0 saturated carbocycles. The summed E-state index contributed by atoms with van der Waals surface area (Å²) in [5.41, 5.74) is 0. The molecule has 0 aliphatic carbocycles. The van der Waals surface area contributed by atoms with Gasteiger partial charge >= 0.3 is 29.6 Å². The third kappa shape index (κ3) is 5.37. The summed E-state index contributed by atoms with van der Waals surface area (Å²) in [6, 6.07) is 12.0. The van der Waals surface area contributed by atoms with Crippen LogP contribution in [0.15, 0.2) is 30.3 Å². The van der Waals surface area contributed by atoms with Gasteiger partial charge in [-0.2, -0.15) is 0 Å². The quantitative estimate of drug-likeness (QED) is 0.364. The Kier molecular flexibility index (Phi) is 10.5. The average molecular weight is 527 g/mol. The van der Waals surface area contributed by atoms with E-state index in [1.54, 1.807) is 5.19 Å². The number of rotatable bonds is 3. The van der Waals surface area contributed by atoms with Crippen LogP contribution in [0.3, 0.4) is 0 Å². The van der Waals surface area contributed by atoms with Crippen molar-refractivity contribution in [3.05, 3.63) is 30.3 Å². The predicted octanol–water partition coefficient (Wildman–Crippen LogP) is 7.25. The molecule has 0 unspecified atom stereocenters. The third-order valence-corrected chi connectivity index (χ3v) is 51.0. The SMILES string of the molecule is CC(C)(C)[Si]([Si-](c1ccccc1)[Si](C(C)(C)C)(C(C)(C)C)C(C)(C)C)(C(C)(C)C)C(C)(C)C.[Na+]. The Morgan fingerprint density at radius 1 is 0.412 bits per heavy atom. The van der Waals surface area contributed by atoms with Crippen LogP contribution in [0.25, 0.3) is 0 Å². The first-order valence-electron chi connectivity index (χ1n) is 13.2. The zero-order chi connectivity index (χ0) is 26.7. The van der Waals surface area contributed by atoms with Crippen LogP contribution in [-0.4, -0.2) is 23.0 Å². The van der Waals surface area contributed by atoms with Crippen LogP contribution in [0.5, 0.6) is 0 Å². The molecule has 0 atom stereocenters. The molecule has 0 saturated heterocycles. The van der Waals surface area contributed by atoms with Crippen molar-refractivity contribution in [2.45, 2.75) is 155 Å². The summed E-state index contributed by atoms with van der Waals surface area (Å²) < 4.78 is 0. The molecule has 0 heterocycles. The summed E-state index contributed by atoms with van der Waals surface area (Å²) in [5, 5.41) is 3.43. The van der Waals surface area contributed by atoms with Gasteiger partial charge in [0.05, 0.1) is 0 Å². The zero-order valence-electron chi connectivity index (χ0n) is 26.9. The normalized spacial score (nSPS) is 15.1. The first-order chi connectivity index (χ1) is 14.2. The van der Waals surface area contributed by atoms with E-state index in [0.29, 0.717) is 0 Å². The van der Waals surface area contributed by atoms with Crippen LogP contribution in [-0.2, 0) is 0 Å². The summed E-state index contributed by atoms with van der Waals surface area (Å²) in [4.78, 5) is 0. The van der Waals surface area contributed by atoms with E-state index in [2.05, 4.69) is 155 Å². The van der Waals surface area contributed by atoms with Crippen molar-refractivity contribution < 1.29 is 29.6 Å². The molecular formula is C30H59NaSi3. The first kappa shape index (κ1) is 34.9. The van der Waals surface area contributed by atoms with E-state index in [0.717, 1.165) is 0 Å². The van der Waals surface area contributed by atoms with Crippen LogP contribution < -0.4 is 34.7 Å². The fourth-order valence-electron chi connectivity index (χ4n) is 10.3. The molecule has 192 valence electrons. The van der Waals surface area contributed by atoms with Crippen LogP contribution in [0.1, 0.15) is 125 Å². The molecular weight excluding hydrogens is 468 g/mol. The maximum absolute atomic E-state index is 2.62. The Labute approximate surface area is 241 Å². The van der Waals surface area contributed by atoms with Crippen molar-refractivity contribution in [1.29, 1.82) is 0 Å². The average Bonchev–Trinajstić information content (AvgIpc) is 2.47. The summed E-state index contributed by atoms with van der Waals surface area (Å²) in [6.45, 7) is 47.2. The molecule has 0 amide bonds. The minimum atomic E-state index is -2.07. The minimum Gasteiger partial charge on any atom is -0.276 e. The van der Waals surface area contributed by atoms with E-state index in [9.17, 15) is 0 Å². The van der Waals surface area contributed by atoms with Gasteiger partial charge < -0.3 is 0 Å². The van der Waals surface area contributed by atoms with Gasteiger partial charge in [-0.3, -0.25) is 7.83 Å². The third-order valence-electron chi connectivity index (χ3n) is 8.56. The minimum absolute atomic E-state index is 0. The number of hydrogen-bond acceptors (Lipinski definition) is 0. The summed E-state index contributed by atoms with van der Waals surface area (Å²) in [6.07, 6.45) is 0. The van der Waals surface area contributed by atoms with Crippen LogP contribution >= 0.6 is 0 Å². The summed E-state index contributed by atoms with van der Waals surface area (Å²) in [5.74, 6) is 0. The topological polar surface area (TPSA) is 0 Å². The van der Waals surface area contributed by atoms with E-state index in [1.807, 2.05) is 0 Å². The Morgan fingerprint density at radius 3 is 0.794 bits per heavy atom. The van der Waals surface area contributed by atoms with E-state index in [1.165, 1.54) is 0 Å². The largest absolute Gasteiger partial charge is 1.00 e. The van der Waals surface area contributed by atoms with Gasteiger partial charge in [-0.15, -0.1) is 0 Å². The monoisotopic (exact) mass is 526 g/mol. The van der Waals surface area contributed by atoms with Crippen molar-refractivity contribution in [1.82, 2.24) is 0 Å². The van der Waals surface area contributed by atoms with Gasteiger partial charge in [0.1, 0.15) is 0 Å². The second kappa shape index (κ2) is 10.2. The molecule has 34 heavy (non-hydrogen) atoms. The van der Waals surface area contributed by atoms with E-state index in [4.69, 9.17) is 0 Å². The zero-order valence-corrected chi connectivity index (χ0v) is 31.9. The molecule has 1 aromatic carbocycles. The van der Waals surface area contributed by atoms with Gasteiger partial charge in [0, 0.05) is 0 Å². The molecule has 0 bridgehead atoms. The van der Waals surface area contributed by atoms with Crippen molar-refractivity contribution in [2.75, 3.05) is 0 Å². The van der Waals surface area contributed by atoms with E-state index < -0.39 is 23.0 Å². The molecule has 4 heteroatoms. The maximum Gasteiger partial charge on any atom is 1.00 e. The molecule has 0 aliphatic heterocycles. The van der Waals surface area contributed by atoms with Crippen LogP contribution in [0.4, 0.5) is 0 Å². The van der Waals surface area contributed by atoms with Crippen LogP contribution in [0, 0.1) is 0 Å². The maximum atomic E-state index is 2.62. The molecule has 0 radical (unpaired) electrons. The molecule has 0 spiro atoms. The fourth-order valence-corrected chi connectivity index (χ4v) is 74.4. The Balaban J connectivity index is 0.0000109. The summed E-state index contributed by atoms with van der Waals surface area (Å²) >= 11 is 0. The van der Waals surface area contributed by atoms with Crippen molar-refractivity contribution in [2.24, 2.45) is 0 Å². The van der Waals surface area contributed by atoms with Gasteiger partial charge in [-0.25, -0.2) is 5.19 Å². The second-order valence-corrected chi connectivity index (χ2v) is 39.1. The van der Waals surface area contributed by atoms with Crippen molar-refractivity contribution in [3.63, 3.8) is 0 Å². The second-order valence-electron chi connectivity index (χ2n) is 16.7. The molecule has 0 N–H and O–H groups in total. The molecule has 0 aromatic heterocycles. The van der Waals surface area contributed by atoms with Gasteiger partial charge in [-0.05, 0) is 0 Å². The van der Waals surface area contributed by atoms with Gasteiger partial charge in [0.25, 0.3) is 0 Å². The Bertz CT molecular complexity index is 664. The first-order valence-corrected chi connectivity index (χ1v) is 20.7. The molecule has 0 nitrogen and oxygen atoms in total. The standard InChI is InChI=1S/C30H59Si3.Na/c1-25(2,3)32(26(4,5)6,27(7,8)9)31(24-22-20-19-21-23-24)33(28(10,11)12,29(13,14)15)30(16,17)18;/h19-23H,1-18H3;/q-1;+1. The fraction of sp³-hybridized carbons (Fsp3) is 0.800. The Hall–Kier alpha value is 0.871. The van der Waals surface area contributed by atoms with Gasteiger partial charge in [0.2, 0.25) is 0 Å². The number of hydrogen-bond donors (Lipinski definition) is 0. The van der Waals surface area contributed by atoms with E-state index in [-0.39, 0.29) is 59.8 Å². The van der Waals surface area contributed by atoms with Gasteiger partial charge in [0.15, 0.2) is 0 Å². The van der Waals surface area contributed by atoms with Crippen LogP contribution in [0.2, 0.25) is 30.2 Å².